The van der Waals surface area contributed by atoms with Crippen molar-refractivity contribution in [1.29, 1.82) is 0 Å². The number of carbonyl (C=O) groups excluding carboxylic acids is 1. The first-order valence-electron chi connectivity index (χ1n) is 9.86. The van der Waals surface area contributed by atoms with Gasteiger partial charge in [0.05, 0.1) is 0 Å². The average molecular weight is 367 g/mol. The maximum atomic E-state index is 11.9. The third-order valence-corrected chi connectivity index (χ3v) is 4.91. The lowest BCUT2D eigenvalue weighted by molar-refractivity contribution is -0.121. The smallest absolute Gasteiger partial charge is 0.225 e. The first kappa shape index (κ1) is 19.3. The van der Waals surface area contributed by atoms with Gasteiger partial charge in [-0.2, -0.15) is 0 Å². The van der Waals surface area contributed by atoms with Gasteiger partial charge in [0.1, 0.15) is 0 Å². The highest BCUT2D eigenvalue weighted by atomic mass is 16.1. The number of unbranched alkanes of at least 4 members (excludes halogenated alkanes) is 1. The number of nitrogens with zero attached hydrogens (tertiary/aromatic N) is 4. The molecule has 6 nitrogen and oxygen atoms in total. The molecule has 1 amide bonds. The first-order chi connectivity index (χ1) is 13.3. The molecule has 144 valence electrons. The Balaban J connectivity index is 1.22. The van der Waals surface area contributed by atoms with Gasteiger partial charge in [0.2, 0.25) is 11.9 Å². The number of amides is 1. The van der Waals surface area contributed by atoms with Crippen molar-refractivity contribution >= 4 is 11.9 Å². The van der Waals surface area contributed by atoms with Crippen molar-refractivity contribution < 1.29 is 4.79 Å². The number of benzene rings is 1. The van der Waals surface area contributed by atoms with Gasteiger partial charge in [0.25, 0.3) is 0 Å². The van der Waals surface area contributed by atoms with Gasteiger partial charge >= 0.3 is 0 Å². The molecule has 1 aliphatic heterocycles. The molecule has 3 rings (SSSR count). The second-order valence-electron chi connectivity index (χ2n) is 6.92. The van der Waals surface area contributed by atoms with Crippen LogP contribution in [0, 0.1) is 0 Å². The molecule has 0 bridgehead atoms. The van der Waals surface area contributed by atoms with Crippen molar-refractivity contribution in [1.82, 2.24) is 20.2 Å². The van der Waals surface area contributed by atoms with Crippen LogP contribution in [0.5, 0.6) is 0 Å². The molecule has 1 fully saturated rings. The van der Waals surface area contributed by atoms with Crippen molar-refractivity contribution in [2.24, 2.45) is 0 Å². The van der Waals surface area contributed by atoms with Crippen LogP contribution in [0.4, 0.5) is 5.95 Å². The highest BCUT2D eigenvalue weighted by Crippen LogP contribution is 2.10. The van der Waals surface area contributed by atoms with Gasteiger partial charge in [-0.15, -0.1) is 0 Å². The van der Waals surface area contributed by atoms with Gasteiger partial charge in [-0.25, -0.2) is 9.97 Å². The third kappa shape index (κ3) is 6.64. The highest BCUT2D eigenvalue weighted by molar-refractivity contribution is 5.76. The van der Waals surface area contributed by atoms with Gasteiger partial charge in [-0.1, -0.05) is 30.3 Å². The highest BCUT2D eigenvalue weighted by Gasteiger charge is 2.18. The quantitative estimate of drug-likeness (QED) is 0.688. The molecule has 2 aromatic rings. The number of hydrogen-bond donors (Lipinski definition) is 1. The number of hydrogen-bond acceptors (Lipinski definition) is 5. The normalized spacial score (nSPS) is 14.9. The minimum Gasteiger partial charge on any atom is -0.356 e. The van der Waals surface area contributed by atoms with Crippen LogP contribution in [0.1, 0.15) is 24.8 Å². The lowest BCUT2D eigenvalue weighted by Gasteiger charge is -2.34. The van der Waals surface area contributed by atoms with Crippen LogP contribution in [0.2, 0.25) is 0 Å². The molecular formula is C21H29N5O. The summed E-state index contributed by atoms with van der Waals surface area (Å²) in [4.78, 5) is 25.3. The largest absolute Gasteiger partial charge is 0.356 e. The zero-order valence-corrected chi connectivity index (χ0v) is 15.9. The topological polar surface area (TPSA) is 61.4 Å². The monoisotopic (exact) mass is 367 g/mol. The van der Waals surface area contributed by atoms with E-state index in [-0.39, 0.29) is 5.91 Å². The van der Waals surface area contributed by atoms with Crippen LogP contribution in [0.25, 0.3) is 0 Å². The molecule has 0 saturated carbocycles. The molecule has 6 heteroatoms. The lowest BCUT2D eigenvalue weighted by Crippen LogP contribution is -2.47. The number of nitrogens with one attached hydrogen (secondary N) is 1. The molecule has 27 heavy (non-hydrogen) atoms. The Kier molecular flexibility index (Phi) is 7.59. The van der Waals surface area contributed by atoms with Crippen LogP contribution in [0.15, 0.2) is 48.8 Å². The van der Waals surface area contributed by atoms with E-state index in [9.17, 15) is 4.79 Å². The molecule has 2 heterocycles. The lowest BCUT2D eigenvalue weighted by atomic mass is 10.1. The Morgan fingerprint density at radius 1 is 0.963 bits per heavy atom. The summed E-state index contributed by atoms with van der Waals surface area (Å²) in [5.74, 6) is 0.977. The SMILES string of the molecule is O=C(CCc1ccccc1)NCCCCN1CCN(c2ncccn2)CC1. The van der Waals surface area contributed by atoms with Crippen molar-refractivity contribution in [2.45, 2.75) is 25.7 Å². The summed E-state index contributed by atoms with van der Waals surface area (Å²) in [6.07, 6.45) is 7.10. The van der Waals surface area contributed by atoms with E-state index in [2.05, 4.69) is 37.2 Å². The number of aryl methyl sites for hydroxylation is 1. The van der Waals surface area contributed by atoms with Gasteiger partial charge < -0.3 is 10.2 Å². The Hall–Kier alpha value is -2.47. The zero-order valence-electron chi connectivity index (χ0n) is 15.9. The standard InChI is InChI=1S/C21H29N5O/c27-20(10-9-19-7-2-1-3-8-19)22-11-4-5-14-25-15-17-26(18-16-25)21-23-12-6-13-24-21/h1-3,6-8,12-13H,4-5,9-11,14-18H2,(H,22,27). The number of piperazine rings is 1. The summed E-state index contributed by atoms with van der Waals surface area (Å²) in [5, 5.41) is 3.04. The second kappa shape index (κ2) is 10.6. The molecule has 0 atom stereocenters. The average Bonchev–Trinajstić information content (AvgIpc) is 2.74. The van der Waals surface area contributed by atoms with Crippen LogP contribution < -0.4 is 10.2 Å². The van der Waals surface area contributed by atoms with E-state index in [1.807, 2.05) is 24.3 Å². The molecule has 1 aliphatic rings. The third-order valence-electron chi connectivity index (χ3n) is 4.91. The molecule has 1 aromatic heterocycles. The van der Waals surface area contributed by atoms with Gasteiger partial charge in [0, 0.05) is 51.5 Å². The summed E-state index contributed by atoms with van der Waals surface area (Å²) >= 11 is 0. The Bertz CT molecular complexity index is 671. The minimum atomic E-state index is 0.148. The molecule has 1 aromatic carbocycles. The fraction of sp³-hybridized carbons (Fsp3) is 0.476. The Morgan fingerprint density at radius 2 is 1.70 bits per heavy atom. The number of aromatic nitrogens is 2. The summed E-state index contributed by atoms with van der Waals surface area (Å²) in [6, 6.07) is 12.0. The van der Waals surface area contributed by atoms with Crippen molar-refractivity contribution in [3.63, 3.8) is 0 Å². The molecule has 0 unspecified atom stereocenters. The Labute approximate surface area is 161 Å². The van der Waals surface area contributed by atoms with Gasteiger partial charge in [0.15, 0.2) is 0 Å². The maximum absolute atomic E-state index is 11.9. The minimum absolute atomic E-state index is 0.148. The van der Waals surface area contributed by atoms with E-state index in [1.165, 1.54) is 5.56 Å². The van der Waals surface area contributed by atoms with E-state index in [4.69, 9.17) is 0 Å². The summed E-state index contributed by atoms with van der Waals surface area (Å²) < 4.78 is 0. The van der Waals surface area contributed by atoms with E-state index >= 15 is 0 Å². The van der Waals surface area contributed by atoms with Crippen molar-refractivity contribution in [3.8, 4) is 0 Å². The molecule has 1 saturated heterocycles. The van der Waals surface area contributed by atoms with E-state index < -0.39 is 0 Å². The van der Waals surface area contributed by atoms with E-state index in [1.54, 1.807) is 12.4 Å². The molecule has 1 N–H and O–H groups in total. The zero-order chi connectivity index (χ0) is 18.7. The van der Waals surface area contributed by atoms with Gasteiger partial charge in [-0.3, -0.25) is 9.69 Å². The second-order valence-corrected chi connectivity index (χ2v) is 6.92. The van der Waals surface area contributed by atoms with Crippen LogP contribution in [0.3, 0.4) is 0 Å². The predicted molar refractivity (Wildman–Crippen MR) is 108 cm³/mol. The molecular weight excluding hydrogens is 338 g/mol. The number of carbonyl (C=O) groups is 1. The Morgan fingerprint density at radius 3 is 2.44 bits per heavy atom. The van der Waals surface area contributed by atoms with Crippen LogP contribution in [-0.4, -0.2) is 60.0 Å². The predicted octanol–water partition coefficient (Wildman–Crippen LogP) is 2.13. The first-order valence-corrected chi connectivity index (χ1v) is 9.86. The number of rotatable bonds is 9. The van der Waals surface area contributed by atoms with E-state index in [0.717, 1.165) is 64.5 Å². The fourth-order valence-corrected chi connectivity index (χ4v) is 3.31. The van der Waals surface area contributed by atoms with Crippen LogP contribution in [-0.2, 0) is 11.2 Å². The molecule has 0 spiro atoms. The van der Waals surface area contributed by atoms with E-state index in [0.29, 0.717) is 6.42 Å². The van der Waals surface area contributed by atoms with Gasteiger partial charge in [-0.05, 0) is 37.4 Å². The van der Waals surface area contributed by atoms with Crippen molar-refractivity contribution in [3.05, 3.63) is 54.4 Å². The molecule has 0 radical (unpaired) electrons. The van der Waals surface area contributed by atoms with Crippen LogP contribution >= 0.6 is 0 Å². The maximum Gasteiger partial charge on any atom is 0.225 e. The summed E-state index contributed by atoms with van der Waals surface area (Å²) in [6.45, 7) is 5.89. The number of anilines is 1. The summed E-state index contributed by atoms with van der Waals surface area (Å²) in [7, 11) is 0. The van der Waals surface area contributed by atoms with Crippen molar-refractivity contribution in [2.75, 3.05) is 44.2 Å². The summed E-state index contributed by atoms with van der Waals surface area (Å²) in [5.41, 5.74) is 1.22. The fourth-order valence-electron chi connectivity index (χ4n) is 3.31. The molecule has 0 aliphatic carbocycles.